The molecule has 3 amide bonds. The lowest BCUT2D eigenvalue weighted by Crippen LogP contribution is -2.43. The van der Waals surface area contributed by atoms with Crippen molar-refractivity contribution in [1.82, 2.24) is 10.4 Å². The van der Waals surface area contributed by atoms with Gasteiger partial charge in [-0.1, -0.05) is 0 Å². The molecule has 34 heavy (non-hydrogen) atoms. The van der Waals surface area contributed by atoms with Crippen molar-refractivity contribution in [2.45, 2.75) is 6.42 Å². The molecule has 0 aromatic heterocycles. The van der Waals surface area contributed by atoms with Crippen LogP contribution in [-0.4, -0.2) is 63.2 Å². The van der Waals surface area contributed by atoms with E-state index >= 15 is 0 Å². The number of hydrogen-bond acceptors (Lipinski definition) is 8. The van der Waals surface area contributed by atoms with E-state index in [0.29, 0.717) is 22.9 Å². The van der Waals surface area contributed by atoms with E-state index in [1.807, 2.05) is 0 Å². The molecular weight excluding hydrogens is 446 g/mol. The highest BCUT2D eigenvalue weighted by molar-refractivity contribution is 5.97. The molecule has 1 aliphatic rings. The van der Waals surface area contributed by atoms with Crippen LogP contribution in [0.25, 0.3) is 0 Å². The van der Waals surface area contributed by atoms with Gasteiger partial charge >= 0.3 is 5.97 Å². The van der Waals surface area contributed by atoms with E-state index in [9.17, 15) is 19.2 Å². The van der Waals surface area contributed by atoms with Crippen LogP contribution >= 0.6 is 0 Å². The number of hydrogen-bond donors (Lipinski definition) is 2. The molecule has 0 radical (unpaired) electrons. The number of anilines is 1. The molecule has 11 heteroatoms. The van der Waals surface area contributed by atoms with Gasteiger partial charge in [0.2, 0.25) is 5.91 Å². The highest BCUT2D eigenvalue weighted by Crippen LogP contribution is 2.23. The molecule has 1 fully saturated rings. The van der Waals surface area contributed by atoms with Crippen LogP contribution in [0.5, 0.6) is 17.2 Å². The molecule has 0 aliphatic carbocycles. The lowest BCUT2D eigenvalue weighted by atomic mass is 10.1. The van der Waals surface area contributed by atoms with Gasteiger partial charge in [-0.3, -0.25) is 29.6 Å². The summed E-state index contributed by atoms with van der Waals surface area (Å²) in [5, 5.41) is 3.65. The number of carbonyl (C=O) groups is 4. The highest BCUT2D eigenvalue weighted by atomic mass is 16.5. The van der Waals surface area contributed by atoms with E-state index in [1.54, 1.807) is 30.3 Å². The number of benzene rings is 2. The summed E-state index contributed by atoms with van der Waals surface area (Å²) >= 11 is 0. The van der Waals surface area contributed by atoms with Gasteiger partial charge in [-0.15, -0.1) is 0 Å². The Labute approximate surface area is 195 Å². The number of esters is 1. The molecule has 1 heterocycles. The molecule has 0 unspecified atom stereocenters. The van der Waals surface area contributed by atoms with Gasteiger partial charge in [-0.2, -0.15) is 0 Å². The van der Waals surface area contributed by atoms with Gasteiger partial charge in [-0.25, -0.2) is 0 Å². The summed E-state index contributed by atoms with van der Waals surface area (Å²) in [5.74, 6) is -1.62. The Morgan fingerprint density at radius 2 is 1.56 bits per heavy atom. The topological polar surface area (TPSA) is 132 Å². The lowest BCUT2D eigenvalue weighted by Gasteiger charge is -2.18. The Bertz CT molecular complexity index is 1050. The molecule has 1 atom stereocenters. The van der Waals surface area contributed by atoms with E-state index in [0.717, 1.165) is 5.01 Å². The van der Waals surface area contributed by atoms with Crippen molar-refractivity contribution >= 4 is 29.4 Å². The fourth-order valence-electron chi connectivity index (χ4n) is 3.23. The third-order valence-corrected chi connectivity index (χ3v) is 5.03. The highest BCUT2D eigenvalue weighted by Gasteiger charge is 2.36. The number of methoxy groups -OCH3 is 3. The van der Waals surface area contributed by atoms with Gasteiger partial charge in [0.25, 0.3) is 11.8 Å². The summed E-state index contributed by atoms with van der Waals surface area (Å²) < 4.78 is 20.4. The monoisotopic (exact) mass is 471 g/mol. The van der Waals surface area contributed by atoms with Crippen LogP contribution in [0.3, 0.4) is 0 Å². The third kappa shape index (κ3) is 6.15. The number of nitrogens with one attached hydrogen (secondary N) is 2. The second-order valence-corrected chi connectivity index (χ2v) is 7.33. The van der Waals surface area contributed by atoms with Gasteiger partial charge < -0.3 is 24.3 Å². The summed E-state index contributed by atoms with van der Waals surface area (Å²) in [6.45, 7) is -0.587. The number of ether oxygens (including phenoxy) is 4. The average molecular weight is 471 g/mol. The number of nitrogens with zero attached hydrogens (tertiary/aromatic N) is 1. The SMILES string of the molecule is COc1ccc(NC(=O)COC(=O)[C@@H]2CC(=O)N(NC(=O)c3cc(OC)cc(OC)c3)C2)cc1. The zero-order chi connectivity index (χ0) is 24.7. The summed E-state index contributed by atoms with van der Waals surface area (Å²) in [4.78, 5) is 49.3. The first-order chi connectivity index (χ1) is 16.3. The zero-order valence-electron chi connectivity index (χ0n) is 19.0. The van der Waals surface area contributed by atoms with Crippen LogP contribution in [0, 0.1) is 5.92 Å². The van der Waals surface area contributed by atoms with Crippen molar-refractivity contribution in [2.24, 2.45) is 5.92 Å². The molecule has 1 saturated heterocycles. The Hall–Kier alpha value is -4.28. The average Bonchev–Trinajstić information content (AvgIpc) is 3.22. The number of hydrazine groups is 1. The molecule has 0 saturated carbocycles. The summed E-state index contributed by atoms with van der Waals surface area (Å²) in [5.41, 5.74) is 3.20. The second kappa shape index (κ2) is 11.0. The summed E-state index contributed by atoms with van der Waals surface area (Å²) in [6.07, 6.45) is -0.152. The predicted molar refractivity (Wildman–Crippen MR) is 119 cm³/mol. The molecule has 180 valence electrons. The minimum atomic E-state index is -0.818. The minimum Gasteiger partial charge on any atom is -0.497 e. The number of carbonyl (C=O) groups excluding carboxylic acids is 4. The van der Waals surface area contributed by atoms with E-state index in [2.05, 4.69) is 10.7 Å². The molecule has 3 rings (SSSR count). The van der Waals surface area contributed by atoms with Crippen molar-refractivity contribution in [3.05, 3.63) is 48.0 Å². The third-order valence-electron chi connectivity index (χ3n) is 5.03. The first-order valence-corrected chi connectivity index (χ1v) is 10.3. The largest absolute Gasteiger partial charge is 0.497 e. The van der Waals surface area contributed by atoms with E-state index in [4.69, 9.17) is 18.9 Å². The number of rotatable bonds is 9. The Kier molecular flexibility index (Phi) is 7.91. The van der Waals surface area contributed by atoms with Crippen molar-refractivity contribution in [1.29, 1.82) is 0 Å². The van der Waals surface area contributed by atoms with Crippen LogP contribution in [0.2, 0.25) is 0 Å². The normalized spacial score (nSPS) is 14.9. The van der Waals surface area contributed by atoms with Crippen LogP contribution in [0.1, 0.15) is 16.8 Å². The van der Waals surface area contributed by atoms with E-state index in [1.165, 1.54) is 33.5 Å². The van der Waals surface area contributed by atoms with E-state index in [-0.39, 0.29) is 18.5 Å². The standard InChI is InChI=1S/C23H25N3O8/c1-31-17-6-4-16(5-7-17)24-20(27)13-34-23(30)15-10-21(28)26(12-15)25-22(29)14-8-18(32-2)11-19(9-14)33-3/h4-9,11,15H,10,12-13H2,1-3H3,(H,24,27)(H,25,29)/t15-/m1/s1. The smallest absolute Gasteiger partial charge is 0.311 e. The summed E-state index contributed by atoms with van der Waals surface area (Å²) in [7, 11) is 4.44. The van der Waals surface area contributed by atoms with Gasteiger partial charge in [0.05, 0.1) is 33.8 Å². The van der Waals surface area contributed by atoms with Gasteiger partial charge in [-0.05, 0) is 36.4 Å². The Morgan fingerprint density at radius 1 is 0.941 bits per heavy atom. The zero-order valence-corrected chi connectivity index (χ0v) is 19.0. The molecular formula is C23H25N3O8. The van der Waals surface area contributed by atoms with E-state index < -0.39 is 36.2 Å². The molecule has 0 spiro atoms. The van der Waals surface area contributed by atoms with Gasteiger partial charge in [0.1, 0.15) is 17.2 Å². The molecule has 2 aromatic carbocycles. The number of amides is 3. The molecule has 2 N–H and O–H groups in total. The molecule has 11 nitrogen and oxygen atoms in total. The van der Waals surface area contributed by atoms with Gasteiger partial charge in [0, 0.05) is 23.7 Å². The van der Waals surface area contributed by atoms with Crippen LogP contribution in [0.15, 0.2) is 42.5 Å². The maximum Gasteiger partial charge on any atom is 0.311 e. The second-order valence-electron chi connectivity index (χ2n) is 7.33. The first kappa shape index (κ1) is 24.4. The van der Waals surface area contributed by atoms with Crippen LogP contribution in [-0.2, 0) is 19.1 Å². The first-order valence-electron chi connectivity index (χ1n) is 10.3. The quantitative estimate of drug-likeness (QED) is 0.525. The maximum absolute atomic E-state index is 12.6. The minimum absolute atomic E-state index is 0.0788. The van der Waals surface area contributed by atoms with Crippen LogP contribution in [0.4, 0.5) is 5.69 Å². The van der Waals surface area contributed by atoms with Gasteiger partial charge in [0.15, 0.2) is 6.61 Å². The summed E-state index contributed by atoms with van der Waals surface area (Å²) in [6, 6.07) is 11.2. The fraction of sp³-hybridized carbons (Fsp3) is 0.304. The van der Waals surface area contributed by atoms with Crippen molar-refractivity contribution in [3.8, 4) is 17.2 Å². The molecule has 0 bridgehead atoms. The Balaban J connectivity index is 1.50. The van der Waals surface area contributed by atoms with Crippen molar-refractivity contribution in [3.63, 3.8) is 0 Å². The Morgan fingerprint density at radius 3 is 2.15 bits per heavy atom. The maximum atomic E-state index is 12.6. The molecule has 1 aliphatic heterocycles. The molecule has 2 aromatic rings. The lowest BCUT2D eigenvalue weighted by molar-refractivity contribution is -0.151. The van der Waals surface area contributed by atoms with Crippen molar-refractivity contribution in [2.75, 3.05) is 39.8 Å². The predicted octanol–water partition coefficient (Wildman–Crippen LogP) is 1.39. The van der Waals surface area contributed by atoms with Crippen molar-refractivity contribution < 1.29 is 38.1 Å². The fourth-order valence-corrected chi connectivity index (χ4v) is 3.23. The van der Waals surface area contributed by atoms with Crippen LogP contribution < -0.4 is 25.0 Å².